The van der Waals surface area contributed by atoms with Crippen molar-refractivity contribution < 1.29 is 9.53 Å². The summed E-state index contributed by atoms with van der Waals surface area (Å²) in [6.07, 6.45) is 3.81. The quantitative estimate of drug-likeness (QED) is 0.287. The van der Waals surface area contributed by atoms with Gasteiger partial charge < -0.3 is 19.1 Å². The monoisotopic (exact) mass is 517 g/mol. The summed E-state index contributed by atoms with van der Waals surface area (Å²) in [4.78, 5) is 26.9. The van der Waals surface area contributed by atoms with Gasteiger partial charge in [-0.25, -0.2) is 9.97 Å². The van der Waals surface area contributed by atoms with Crippen LogP contribution in [-0.2, 0) is 0 Å². The first-order valence-electron chi connectivity index (χ1n) is 13.4. The molecule has 0 unspecified atom stereocenters. The first-order chi connectivity index (χ1) is 19.1. The molecule has 3 aromatic carbocycles. The van der Waals surface area contributed by atoms with Crippen molar-refractivity contribution in [3.8, 4) is 22.6 Å². The number of amides is 1. The minimum atomic E-state index is 0.0427. The van der Waals surface area contributed by atoms with Crippen molar-refractivity contribution in [3.63, 3.8) is 0 Å². The molecule has 0 spiro atoms. The van der Waals surface area contributed by atoms with E-state index in [0.717, 1.165) is 39.4 Å². The Morgan fingerprint density at radius 3 is 2.38 bits per heavy atom. The van der Waals surface area contributed by atoms with Gasteiger partial charge in [-0.1, -0.05) is 42.5 Å². The lowest BCUT2D eigenvalue weighted by atomic mass is 10.1. The Labute approximate surface area is 228 Å². The molecule has 1 aliphatic rings. The highest BCUT2D eigenvalue weighted by molar-refractivity contribution is 6.02. The number of piperazine rings is 1. The summed E-state index contributed by atoms with van der Waals surface area (Å²) < 4.78 is 7.67. The van der Waals surface area contributed by atoms with Crippen LogP contribution in [0.15, 0.2) is 91.4 Å². The van der Waals surface area contributed by atoms with Crippen LogP contribution in [0.3, 0.4) is 0 Å². The number of fused-ring (bicyclic) bond motifs is 1. The molecule has 0 bridgehead atoms. The average molecular weight is 518 g/mol. The van der Waals surface area contributed by atoms with Crippen LogP contribution in [0.25, 0.3) is 27.8 Å². The van der Waals surface area contributed by atoms with E-state index in [4.69, 9.17) is 14.7 Å². The maximum Gasteiger partial charge on any atom is 0.253 e. The predicted molar refractivity (Wildman–Crippen MR) is 155 cm³/mol. The number of aromatic nitrogens is 3. The lowest BCUT2D eigenvalue weighted by Gasteiger charge is -2.35. The van der Waals surface area contributed by atoms with Gasteiger partial charge in [-0.05, 0) is 61.4 Å². The molecule has 0 aliphatic carbocycles. The maximum absolute atomic E-state index is 13.2. The highest BCUT2D eigenvalue weighted by atomic mass is 16.5. The number of hydrogen-bond acceptors (Lipinski definition) is 5. The molecule has 2 aromatic heterocycles. The molecular formula is C32H31N5O2. The van der Waals surface area contributed by atoms with Gasteiger partial charge in [0.15, 0.2) is 5.65 Å². The molecule has 0 atom stereocenters. The summed E-state index contributed by atoms with van der Waals surface area (Å²) >= 11 is 0. The van der Waals surface area contributed by atoms with Crippen LogP contribution in [0.5, 0.6) is 5.75 Å². The molecule has 7 heteroatoms. The summed E-state index contributed by atoms with van der Waals surface area (Å²) in [5.74, 6) is 1.72. The standard InChI is InChI=1S/C32H31N5O2/c1-3-39-27-14-12-25(13-15-27)32(38)36-18-16-35(17-19-36)30-29-28(24-9-5-4-6-10-24)21-37(31(29)34-22-33-30)26-11-7-8-23(2)20-26/h4-15,20-22H,3,16-19H2,1-2H3. The second kappa shape index (κ2) is 10.6. The zero-order valence-corrected chi connectivity index (χ0v) is 22.2. The molecule has 1 aliphatic heterocycles. The Bertz CT molecular complexity index is 1600. The topological polar surface area (TPSA) is 63.5 Å². The van der Waals surface area contributed by atoms with Gasteiger partial charge in [0.1, 0.15) is 17.9 Å². The highest BCUT2D eigenvalue weighted by Crippen LogP contribution is 2.37. The molecule has 39 heavy (non-hydrogen) atoms. The zero-order valence-electron chi connectivity index (χ0n) is 22.2. The van der Waals surface area contributed by atoms with E-state index in [2.05, 4.69) is 71.1 Å². The molecule has 5 aromatic rings. The van der Waals surface area contributed by atoms with Crippen LogP contribution >= 0.6 is 0 Å². The van der Waals surface area contributed by atoms with Gasteiger partial charge in [0, 0.05) is 49.2 Å². The van der Waals surface area contributed by atoms with Crippen LogP contribution < -0.4 is 9.64 Å². The summed E-state index contributed by atoms with van der Waals surface area (Å²) in [5.41, 5.74) is 6.02. The fourth-order valence-corrected chi connectivity index (χ4v) is 5.26. The fraction of sp³-hybridized carbons (Fsp3) is 0.219. The van der Waals surface area contributed by atoms with Crippen molar-refractivity contribution in [2.45, 2.75) is 13.8 Å². The number of carbonyl (C=O) groups is 1. The third-order valence-electron chi connectivity index (χ3n) is 7.21. The van der Waals surface area contributed by atoms with Crippen LogP contribution in [0.2, 0.25) is 0 Å². The Morgan fingerprint density at radius 1 is 0.897 bits per heavy atom. The van der Waals surface area contributed by atoms with Gasteiger partial charge in [-0.2, -0.15) is 0 Å². The maximum atomic E-state index is 13.2. The minimum absolute atomic E-state index is 0.0427. The van der Waals surface area contributed by atoms with E-state index in [1.807, 2.05) is 42.2 Å². The number of nitrogens with zero attached hydrogens (tertiary/aromatic N) is 5. The van der Waals surface area contributed by atoms with Gasteiger partial charge in [-0.3, -0.25) is 4.79 Å². The number of ether oxygens (including phenoxy) is 1. The van der Waals surface area contributed by atoms with Gasteiger partial charge in [0.05, 0.1) is 12.0 Å². The van der Waals surface area contributed by atoms with E-state index in [1.165, 1.54) is 5.56 Å². The van der Waals surface area contributed by atoms with Crippen LogP contribution in [0.1, 0.15) is 22.8 Å². The Kier molecular flexibility index (Phi) is 6.71. The molecule has 1 fully saturated rings. The molecule has 0 N–H and O–H groups in total. The van der Waals surface area contributed by atoms with Crippen molar-refractivity contribution in [3.05, 3.63) is 103 Å². The van der Waals surface area contributed by atoms with Gasteiger partial charge in [-0.15, -0.1) is 0 Å². The molecule has 7 nitrogen and oxygen atoms in total. The predicted octanol–water partition coefficient (Wildman–Crippen LogP) is 5.76. The number of carbonyl (C=O) groups excluding carboxylic acids is 1. The highest BCUT2D eigenvalue weighted by Gasteiger charge is 2.26. The average Bonchev–Trinajstić information content (AvgIpc) is 3.38. The second-order valence-electron chi connectivity index (χ2n) is 9.75. The fourth-order valence-electron chi connectivity index (χ4n) is 5.26. The number of aryl methyl sites for hydroxylation is 1. The third-order valence-corrected chi connectivity index (χ3v) is 7.21. The van der Waals surface area contributed by atoms with Crippen molar-refractivity contribution in [1.82, 2.24) is 19.4 Å². The van der Waals surface area contributed by atoms with E-state index in [9.17, 15) is 4.79 Å². The smallest absolute Gasteiger partial charge is 0.253 e. The molecule has 3 heterocycles. The Morgan fingerprint density at radius 2 is 1.67 bits per heavy atom. The van der Waals surface area contributed by atoms with E-state index < -0.39 is 0 Å². The summed E-state index contributed by atoms with van der Waals surface area (Å²) in [5, 5.41) is 1.02. The number of hydrogen-bond donors (Lipinski definition) is 0. The first kappa shape index (κ1) is 24.7. The van der Waals surface area contributed by atoms with Gasteiger partial charge in [0.25, 0.3) is 5.91 Å². The van der Waals surface area contributed by atoms with Gasteiger partial charge >= 0.3 is 0 Å². The van der Waals surface area contributed by atoms with Crippen LogP contribution in [0.4, 0.5) is 5.82 Å². The zero-order chi connectivity index (χ0) is 26.8. The van der Waals surface area contributed by atoms with E-state index in [1.54, 1.807) is 6.33 Å². The van der Waals surface area contributed by atoms with Crippen molar-refractivity contribution in [1.29, 1.82) is 0 Å². The second-order valence-corrected chi connectivity index (χ2v) is 9.75. The van der Waals surface area contributed by atoms with Crippen LogP contribution in [-0.4, -0.2) is 58.1 Å². The molecule has 1 amide bonds. The lowest BCUT2D eigenvalue weighted by molar-refractivity contribution is 0.0746. The van der Waals surface area contributed by atoms with Gasteiger partial charge in [0.2, 0.25) is 0 Å². The van der Waals surface area contributed by atoms with Crippen molar-refractivity contribution in [2.75, 3.05) is 37.7 Å². The van der Waals surface area contributed by atoms with E-state index in [-0.39, 0.29) is 5.91 Å². The molecule has 0 saturated carbocycles. The largest absolute Gasteiger partial charge is 0.494 e. The first-order valence-corrected chi connectivity index (χ1v) is 13.4. The van der Waals surface area contributed by atoms with Crippen molar-refractivity contribution in [2.24, 2.45) is 0 Å². The number of anilines is 1. The SMILES string of the molecule is CCOc1ccc(C(=O)N2CCN(c3ncnc4c3c(-c3ccccc3)cn4-c3cccc(C)c3)CC2)cc1. The summed E-state index contributed by atoms with van der Waals surface area (Å²) in [7, 11) is 0. The Balaban J connectivity index is 1.32. The molecular weight excluding hydrogens is 486 g/mol. The lowest BCUT2D eigenvalue weighted by Crippen LogP contribution is -2.49. The molecule has 6 rings (SSSR count). The minimum Gasteiger partial charge on any atom is -0.494 e. The Hall–Kier alpha value is -4.65. The molecule has 0 radical (unpaired) electrons. The van der Waals surface area contributed by atoms with E-state index >= 15 is 0 Å². The normalized spacial score (nSPS) is 13.6. The summed E-state index contributed by atoms with van der Waals surface area (Å²) in [6, 6.07) is 26.2. The number of rotatable bonds is 6. The third kappa shape index (κ3) is 4.83. The molecule has 196 valence electrons. The molecule has 1 saturated heterocycles. The number of benzene rings is 3. The van der Waals surface area contributed by atoms with Crippen molar-refractivity contribution >= 4 is 22.8 Å². The summed E-state index contributed by atoms with van der Waals surface area (Å²) in [6.45, 7) is 7.28. The van der Waals surface area contributed by atoms with Crippen LogP contribution in [0, 0.1) is 6.92 Å². The van der Waals surface area contributed by atoms with E-state index in [0.29, 0.717) is 38.3 Å².